The van der Waals surface area contributed by atoms with E-state index < -0.39 is 0 Å². The van der Waals surface area contributed by atoms with Crippen LogP contribution in [0.5, 0.6) is 0 Å². The molecule has 134 valence electrons. The van der Waals surface area contributed by atoms with E-state index >= 15 is 0 Å². The van der Waals surface area contributed by atoms with Crippen molar-refractivity contribution in [1.29, 1.82) is 0 Å². The molecule has 0 aliphatic carbocycles. The number of likely N-dealkylation sites (N-methyl/N-ethyl adjacent to an activating group) is 1. The molecule has 0 unspecified atom stereocenters. The summed E-state index contributed by atoms with van der Waals surface area (Å²) < 4.78 is 0. The number of amides is 2. The van der Waals surface area contributed by atoms with Crippen LogP contribution in [0, 0.1) is 12.8 Å². The van der Waals surface area contributed by atoms with Crippen molar-refractivity contribution >= 4 is 23.2 Å². The molecule has 0 aromatic heterocycles. The van der Waals surface area contributed by atoms with E-state index in [4.69, 9.17) is 0 Å². The van der Waals surface area contributed by atoms with Gasteiger partial charge in [-0.05, 0) is 56.6 Å². The molecular formula is C19H31N3O2. The van der Waals surface area contributed by atoms with E-state index in [-0.39, 0.29) is 17.7 Å². The molecule has 0 aliphatic rings. The number of carbonyl (C=O) groups is 2. The molecule has 1 aromatic rings. The molecule has 0 saturated carbocycles. The smallest absolute Gasteiger partial charge is 0.238 e. The van der Waals surface area contributed by atoms with Crippen LogP contribution in [-0.4, -0.2) is 36.3 Å². The second-order valence-corrected chi connectivity index (χ2v) is 6.04. The van der Waals surface area contributed by atoms with Crippen LogP contribution in [0.2, 0.25) is 0 Å². The fourth-order valence-electron chi connectivity index (χ4n) is 2.63. The number of hydrogen-bond donors (Lipinski definition) is 2. The van der Waals surface area contributed by atoms with Crippen LogP contribution in [0.15, 0.2) is 18.2 Å². The highest BCUT2D eigenvalue weighted by atomic mass is 16.2. The van der Waals surface area contributed by atoms with Crippen LogP contribution in [0.1, 0.15) is 46.1 Å². The maximum atomic E-state index is 12.1. The Hall–Kier alpha value is -1.88. The van der Waals surface area contributed by atoms with Gasteiger partial charge in [0.1, 0.15) is 0 Å². The van der Waals surface area contributed by atoms with Crippen molar-refractivity contribution < 1.29 is 9.59 Å². The maximum Gasteiger partial charge on any atom is 0.238 e. The van der Waals surface area contributed by atoms with Crippen LogP contribution in [0.3, 0.4) is 0 Å². The monoisotopic (exact) mass is 333 g/mol. The first kappa shape index (κ1) is 20.2. The summed E-state index contributed by atoms with van der Waals surface area (Å²) in [5, 5.41) is 5.90. The van der Waals surface area contributed by atoms with Gasteiger partial charge in [0.2, 0.25) is 11.8 Å². The molecule has 0 heterocycles. The van der Waals surface area contributed by atoms with Gasteiger partial charge < -0.3 is 10.6 Å². The Balaban J connectivity index is 2.71. The summed E-state index contributed by atoms with van der Waals surface area (Å²) in [5.74, 6) is 0.0760. The minimum atomic E-state index is -0.0179. The standard InChI is InChI=1S/C19H31N3O2/c1-6-15(7-2)19(24)20-16-10-11-17(14(5)12-16)21-18(23)13-22(8-3)9-4/h10-12,15H,6-9,13H2,1-5H3,(H,20,24)(H,21,23). The minimum Gasteiger partial charge on any atom is -0.326 e. The average molecular weight is 333 g/mol. The highest BCUT2D eigenvalue weighted by Gasteiger charge is 2.15. The van der Waals surface area contributed by atoms with E-state index in [0.29, 0.717) is 6.54 Å². The van der Waals surface area contributed by atoms with Gasteiger partial charge >= 0.3 is 0 Å². The van der Waals surface area contributed by atoms with Gasteiger partial charge in [0.15, 0.2) is 0 Å². The Morgan fingerprint density at radius 3 is 2.17 bits per heavy atom. The molecule has 24 heavy (non-hydrogen) atoms. The van der Waals surface area contributed by atoms with Crippen molar-refractivity contribution in [3.05, 3.63) is 23.8 Å². The number of nitrogens with one attached hydrogen (secondary N) is 2. The molecule has 0 aliphatic heterocycles. The zero-order chi connectivity index (χ0) is 18.1. The number of hydrogen-bond acceptors (Lipinski definition) is 3. The van der Waals surface area contributed by atoms with Gasteiger partial charge in [-0.1, -0.05) is 27.7 Å². The fourth-order valence-corrected chi connectivity index (χ4v) is 2.63. The van der Waals surface area contributed by atoms with Crippen molar-refractivity contribution in [3.8, 4) is 0 Å². The van der Waals surface area contributed by atoms with Crippen molar-refractivity contribution in [2.45, 2.75) is 47.5 Å². The Bertz CT molecular complexity index is 550. The Morgan fingerprint density at radius 2 is 1.67 bits per heavy atom. The van der Waals surface area contributed by atoms with Crippen LogP contribution in [0.4, 0.5) is 11.4 Å². The van der Waals surface area contributed by atoms with Crippen LogP contribution in [0.25, 0.3) is 0 Å². The largest absolute Gasteiger partial charge is 0.326 e. The molecule has 5 nitrogen and oxygen atoms in total. The zero-order valence-electron chi connectivity index (χ0n) is 15.6. The Morgan fingerprint density at radius 1 is 1.04 bits per heavy atom. The van der Waals surface area contributed by atoms with E-state index in [1.54, 1.807) is 0 Å². The summed E-state index contributed by atoms with van der Waals surface area (Å²) in [6.45, 7) is 12.1. The van der Waals surface area contributed by atoms with Crippen molar-refractivity contribution in [1.82, 2.24) is 4.90 Å². The quantitative estimate of drug-likeness (QED) is 0.725. The number of benzene rings is 1. The first-order chi connectivity index (χ1) is 11.4. The number of nitrogens with zero attached hydrogens (tertiary/aromatic N) is 1. The second-order valence-electron chi connectivity index (χ2n) is 6.04. The van der Waals surface area contributed by atoms with Gasteiger partial charge in [-0.15, -0.1) is 0 Å². The van der Waals surface area contributed by atoms with Gasteiger partial charge in [0, 0.05) is 17.3 Å². The van der Waals surface area contributed by atoms with Crippen LogP contribution < -0.4 is 10.6 Å². The lowest BCUT2D eigenvalue weighted by Crippen LogP contribution is -2.33. The molecule has 1 rings (SSSR count). The molecule has 0 fully saturated rings. The molecule has 0 radical (unpaired) electrons. The molecule has 0 bridgehead atoms. The van der Waals surface area contributed by atoms with Crippen LogP contribution in [-0.2, 0) is 9.59 Å². The van der Waals surface area contributed by atoms with E-state index in [9.17, 15) is 9.59 Å². The molecule has 0 saturated heterocycles. The normalized spacial score (nSPS) is 11.0. The lowest BCUT2D eigenvalue weighted by Gasteiger charge is -2.18. The Labute approximate surface area is 145 Å². The summed E-state index contributed by atoms with van der Waals surface area (Å²) in [5.41, 5.74) is 2.49. The first-order valence-corrected chi connectivity index (χ1v) is 8.88. The van der Waals surface area contributed by atoms with E-state index in [1.165, 1.54) is 0 Å². The van der Waals surface area contributed by atoms with E-state index in [0.717, 1.165) is 42.9 Å². The zero-order valence-corrected chi connectivity index (χ0v) is 15.6. The summed E-state index contributed by atoms with van der Waals surface area (Å²) in [4.78, 5) is 26.3. The van der Waals surface area contributed by atoms with Crippen molar-refractivity contribution in [3.63, 3.8) is 0 Å². The topological polar surface area (TPSA) is 61.4 Å². The van der Waals surface area contributed by atoms with Crippen LogP contribution >= 0.6 is 0 Å². The number of rotatable bonds is 9. The lowest BCUT2D eigenvalue weighted by atomic mass is 10.0. The third-order valence-electron chi connectivity index (χ3n) is 4.39. The maximum absolute atomic E-state index is 12.1. The molecule has 0 atom stereocenters. The summed E-state index contributed by atoms with van der Waals surface area (Å²) >= 11 is 0. The molecule has 2 N–H and O–H groups in total. The number of carbonyl (C=O) groups excluding carboxylic acids is 2. The predicted octanol–water partition coefficient (Wildman–Crippen LogP) is 3.65. The van der Waals surface area contributed by atoms with Crippen molar-refractivity contribution in [2.75, 3.05) is 30.3 Å². The summed E-state index contributed by atoms with van der Waals surface area (Å²) in [6.07, 6.45) is 1.67. The number of aryl methyl sites for hydroxylation is 1. The third-order valence-corrected chi connectivity index (χ3v) is 4.39. The second kappa shape index (κ2) is 10.1. The Kier molecular flexibility index (Phi) is 8.47. The fraction of sp³-hybridized carbons (Fsp3) is 0.579. The van der Waals surface area contributed by atoms with Gasteiger partial charge in [0.05, 0.1) is 6.54 Å². The van der Waals surface area contributed by atoms with E-state index in [1.807, 2.05) is 52.8 Å². The molecule has 5 heteroatoms. The van der Waals surface area contributed by atoms with Gasteiger partial charge in [-0.2, -0.15) is 0 Å². The molecule has 0 spiro atoms. The SMILES string of the molecule is CCC(CC)C(=O)Nc1ccc(NC(=O)CN(CC)CC)c(C)c1. The minimum absolute atomic E-state index is 0.0179. The molecule has 1 aromatic carbocycles. The average Bonchev–Trinajstić information content (AvgIpc) is 2.56. The highest BCUT2D eigenvalue weighted by molar-refractivity contribution is 5.95. The van der Waals surface area contributed by atoms with Gasteiger partial charge in [-0.3, -0.25) is 14.5 Å². The molecular weight excluding hydrogens is 302 g/mol. The first-order valence-electron chi connectivity index (χ1n) is 8.88. The lowest BCUT2D eigenvalue weighted by molar-refractivity contribution is -0.120. The van der Waals surface area contributed by atoms with Gasteiger partial charge in [-0.25, -0.2) is 0 Å². The molecule has 2 amide bonds. The van der Waals surface area contributed by atoms with Gasteiger partial charge in [0.25, 0.3) is 0 Å². The predicted molar refractivity (Wildman–Crippen MR) is 100 cm³/mol. The van der Waals surface area contributed by atoms with E-state index in [2.05, 4.69) is 15.5 Å². The highest BCUT2D eigenvalue weighted by Crippen LogP contribution is 2.21. The summed E-state index contributed by atoms with van der Waals surface area (Å²) in [7, 11) is 0. The van der Waals surface area contributed by atoms with Crippen molar-refractivity contribution in [2.24, 2.45) is 5.92 Å². The third kappa shape index (κ3) is 5.96. The summed E-state index contributed by atoms with van der Waals surface area (Å²) in [6, 6.07) is 5.57. The number of anilines is 2.